The van der Waals surface area contributed by atoms with Gasteiger partial charge in [-0.15, -0.1) is 0 Å². The fourth-order valence-corrected chi connectivity index (χ4v) is 6.38. The van der Waals surface area contributed by atoms with Gasteiger partial charge in [-0.1, -0.05) is 11.6 Å². The number of methoxy groups -OCH3 is 2. The smallest absolute Gasteiger partial charge is 0.243 e. The van der Waals surface area contributed by atoms with E-state index in [4.69, 9.17) is 21.1 Å². The average molecular weight is 493 g/mol. The minimum absolute atomic E-state index is 0.00150. The van der Waals surface area contributed by atoms with Crippen molar-refractivity contribution < 1.29 is 22.7 Å². The number of piperidine rings is 1. The summed E-state index contributed by atoms with van der Waals surface area (Å²) in [5, 5.41) is 0.465. The highest BCUT2D eigenvalue weighted by Gasteiger charge is 2.45. The highest BCUT2D eigenvalue weighted by Crippen LogP contribution is 2.42. The Labute approximate surface area is 200 Å². The maximum atomic E-state index is 13.6. The van der Waals surface area contributed by atoms with Crippen LogP contribution in [0.4, 0.5) is 0 Å². The van der Waals surface area contributed by atoms with Gasteiger partial charge in [-0.25, -0.2) is 8.42 Å². The van der Waals surface area contributed by atoms with Crippen LogP contribution in [0.3, 0.4) is 0 Å². The maximum absolute atomic E-state index is 13.6. The fourth-order valence-electron chi connectivity index (χ4n) is 4.76. The molecule has 2 saturated heterocycles. The van der Waals surface area contributed by atoms with Crippen molar-refractivity contribution in [3.63, 3.8) is 0 Å². The zero-order chi connectivity index (χ0) is 23.6. The fraction of sp³-hybridized carbons (Fsp3) is 0.458. The number of benzene rings is 2. The van der Waals surface area contributed by atoms with Crippen LogP contribution in [0, 0.1) is 5.92 Å². The molecule has 2 aromatic rings. The van der Waals surface area contributed by atoms with E-state index in [1.807, 2.05) is 11.0 Å². The van der Waals surface area contributed by atoms with Crippen LogP contribution in [0.25, 0.3) is 0 Å². The molecular formula is C24H29ClN2O5S. The molecule has 0 aromatic heterocycles. The molecule has 1 amide bonds. The van der Waals surface area contributed by atoms with Crippen LogP contribution in [0.1, 0.15) is 30.7 Å². The van der Waals surface area contributed by atoms with Gasteiger partial charge in [0.1, 0.15) is 11.5 Å². The molecule has 2 aliphatic rings. The highest BCUT2D eigenvalue weighted by atomic mass is 35.5. The van der Waals surface area contributed by atoms with E-state index in [1.165, 1.54) is 16.4 Å². The molecule has 2 atom stereocenters. The second-order valence-corrected chi connectivity index (χ2v) is 10.9. The van der Waals surface area contributed by atoms with Gasteiger partial charge >= 0.3 is 0 Å². The van der Waals surface area contributed by atoms with Crippen molar-refractivity contribution in [1.82, 2.24) is 9.21 Å². The number of rotatable bonds is 6. The van der Waals surface area contributed by atoms with Gasteiger partial charge in [0.05, 0.1) is 25.0 Å². The molecule has 2 aliphatic heterocycles. The van der Waals surface area contributed by atoms with Gasteiger partial charge in [0.25, 0.3) is 0 Å². The third-order valence-electron chi connectivity index (χ3n) is 6.56. The molecule has 2 fully saturated rings. The maximum Gasteiger partial charge on any atom is 0.243 e. The van der Waals surface area contributed by atoms with Gasteiger partial charge in [0.15, 0.2) is 0 Å². The van der Waals surface area contributed by atoms with Crippen molar-refractivity contribution >= 4 is 27.5 Å². The monoisotopic (exact) mass is 492 g/mol. The van der Waals surface area contributed by atoms with Crippen LogP contribution >= 0.6 is 11.6 Å². The van der Waals surface area contributed by atoms with Crippen LogP contribution in [-0.2, 0) is 14.8 Å². The Morgan fingerprint density at radius 2 is 1.67 bits per heavy atom. The SMILES string of the molecule is COc1ccc(OC)c(C2CN(S(=O)(=O)c3ccc(Cl)cc3)CC2C(=O)N2CCCCC2)c1. The summed E-state index contributed by atoms with van der Waals surface area (Å²) in [5.41, 5.74) is 0.779. The molecule has 7 nitrogen and oxygen atoms in total. The van der Waals surface area contributed by atoms with E-state index in [9.17, 15) is 13.2 Å². The summed E-state index contributed by atoms with van der Waals surface area (Å²) >= 11 is 5.95. The van der Waals surface area contributed by atoms with E-state index >= 15 is 0 Å². The number of ether oxygens (including phenoxy) is 2. The molecule has 0 bridgehead atoms. The van der Waals surface area contributed by atoms with E-state index < -0.39 is 15.9 Å². The Balaban J connectivity index is 1.72. The Morgan fingerprint density at radius 3 is 2.30 bits per heavy atom. The Hall–Kier alpha value is -2.29. The van der Waals surface area contributed by atoms with Gasteiger partial charge < -0.3 is 14.4 Å². The lowest BCUT2D eigenvalue weighted by Gasteiger charge is -2.31. The summed E-state index contributed by atoms with van der Waals surface area (Å²) in [6, 6.07) is 11.6. The summed E-state index contributed by atoms with van der Waals surface area (Å²) in [4.78, 5) is 15.6. The number of hydrogen-bond acceptors (Lipinski definition) is 5. The first-order valence-electron chi connectivity index (χ1n) is 11.1. The summed E-state index contributed by atoms with van der Waals surface area (Å²) in [6.07, 6.45) is 3.05. The first-order valence-corrected chi connectivity index (χ1v) is 12.9. The standard InChI is InChI=1S/C24H29ClN2O5S/c1-31-18-8-11-23(32-2)20(14-18)21-15-27(33(29,30)19-9-6-17(25)7-10-19)16-22(21)24(28)26-12-4-3-5-13-26/h6-11,14,21-22H,3-5,12-13,15-16H2,1-2H3. The number of nitrogens with zero attached hydrogens (tertiary/aromatic N) is 2. The van der Waals surface area contributed by atoms with Gasteiger partial charge in [0.2, 0.25) is 15.9 Å². The lowest BCUT2D eigenvalue weighted by molar-refractivity contribution is -0.136. The number of halogens is 1. The van der Waals surface area contributed by atoms with Crippen molar-refractivity contribution in [2.45, 2.75) is 30.1 Å². The van der Waals surface area contributed by atoms with Crippen molar-refractivity contribution in [2.24, 2.45) is 5.92 Å². The van der Waals surface area contributed by atoms with E-state index in [2.05, 4.69) is 0 Å². The topological polar surface area (TPSA) is 76.1 Å². The Bertz CT molecular complexity index is 1100. The molecule has 2 heterocycles. The van der Waals surface area contributed by atoms with Crippen molar-refractivity contribution in [3.05, 3.63) is 53.1 Å². The molecule has 0 spiro atoms. The van der Waals surface area contributed by atoms with Crippen LogP contribution < -0.4 is 9.47 Å². The zero-order valence-electron chi connectivity index (χ0n) is 18.9. The van der Waals surface area contributed by atoms with E-state index in [1.54, 1.807) is 38.5 Å². The molecule has 178 valence electrons. The second-order valence-electron chi connectivity index (χ2n) is 8.48. The first kappa shape index (κ1) is 23.9. The van der Waals surface area contributed by atoms with Gasteiger partial charge in [-0.3, -0.25) is 4.79 Å². The number of amides is 1. The summed E-state index contributed by atoms with van der Waals surface area (Å²) in [6.45, 7) is 1.71. The van der Waals surface area contributed by atoms with Crippen LogP contribution in [0.15, 0.2) is 47.4 Å². The predicted octanol–water partition coefficient (Wildman–Crippen LogP) is 3.77. The van der Waals surface area contributed by atoms with Crippen molar-refractivity contribution in [3.8, 4) is 11.5 Å². The molecule has 0 radical (unpaired) electrons. The molecule has 33 heavy (non-hydrogen) atoms. The lowest BCUT2D eigenvalue weighted by Crippen LogP contribution is -2.42. The van der Waals surface area contributed by atoms with E-state index in [-0.39, 0.29) is 29.8 Å². The third kappa shape index (κ3) is 4.83. The lowest BCUT2D eigenvalue weighted by atomic mass is 9.86. The Morgan fingerprint density at radius 1 is 0.970 bits per heavy atom. The Kier molecular flexibility index (Phi) is 7.16. The number of carbonyl (C=O) groups excluding carboxylic acids is 1. The summed E-state index contributed by atoms with van der Waals surface area (Å²) < 4.78 is 39.3. The number of likely N-dealkylation sites (tertiary alicyclic amines) is 1. The molecule has 9 heteroatoms. The van der Waals surface area contributed by atoms with Crippen LogP contribution in [0.5, 0.6) is 11.5 Å². The van der Waals surface area contributed by atoms with E-state index in [0.717, 1.165) is 24.8 Å². The molecule has 0 N–H and O–H groups in total. The first-order chi connectivity index (χ1) is 15.8. The number of sulfonamides is 1. The molecule has 0 aliphatic carbocycles. The number of hydrogen-bond donors (Lipinski definition) is 0. The quantitative estimate of drug-likeness (QED) is 0.613. The zero-order valence-corrected chi connectivity index (χ0v) is 20.4. The molecule has 0 saturated carbocycles. The minimum Gasteiger partial charge on any atom is -0.497 e. The normalized spacial score (nSPS) is 21.7. The molecular weight excluding hydrogens is 464 g/mol. The van der Waals surface area contributed by atoms with E-state index in [0.29, 0.717) is 29.6 Å². The largest absolute Gasteiger partial charge is 0.497 e. The third-order valence-corrected chi connectivity index (χ3v) is 8.66. The summed E-state index contributed by atoms with van der Waals surface area (Å²) in [5.74, 6) is 0.382. The number of carbonyl (C=O) groups is 1. The van der Waals surface area contributed by atoms with Crippen molar-refractivity contribution in [2.75, 3.05) is 40.4 Å². The van der Waals surface area contributed by atoms with Gasteiger partial charge in [-0.05, 0) is 61.7 Å². The van der Waals surface area contributed by atoms with Crippen LogP contribution in [0.2, 0.25) is 5.02 Å². The van der Waals surface area contributed by atoms with Crippen LogP contribution in [-0.4, -0.2) is 63.9 Å². The highest BCUT2D eigenvalue weighted by molar-refractivity contribution is 7.89. The van der Waals surface area contributed by atoms with Gasteiger partial charge in [0, 0.05) is 42.7 Å². The minimum atomic E-state index is -3.80. The average Bonchev–Trinajstić information content (AvgIpc) is 3.30. The predicted molar refractivity (Wildman–Crippen MR) is 126 cm³/mol. The molecule has 2 unspecified atom stereocenters. The molecule has 2 aromatic carbocycles. The summed E-state index contributed by atoms with van der Waals surface area (Å²) in [7, 11) is -0.646. The van der Waals surface area contributed by atoms with Crippen molar-refractivity contribution in [1.29, 1.82) is 0 Å². The second kappa shape index (κ2) is 9.91. The molecule has 4 rings (SSSR count). The van der Waals surface area contributed by atoms with Gasteiger partial charge in [-0.2, -0.15) is 4.31 Å².